The Hall–Kier alpha value is -5.49. The number of carboxylic acids is 1. The molecule has 1 aromatic heterocycles. The molecule has 0 spiro atoms. The van der Waals surface area contributed by atoms with Crippen molar-refractivity contribution in [3.63, 3.8) is 0 Å². The zero-order valence-electron chi connectivity index (χ0n) is 23.8. The lowest BCUT2D eigenvalue weighted by Gasteiger charge is -2.20. The molecule has 44 heavy (non-hydrogen) atoms. The lowest BCUT2D eigenvalue weighted by atomic mass is 9.98. The SMILES string of the molecule is O=C(O)c1ccc(C2(NC(=O)c3cc(-c4ccc(F)cc4)cc4ccn(Cc5ccc(-c6ccccc6)cc5)c34)CC2)cc1. The quantitative estimate of drug-likeness (QED) is 0.190. The van der Waals surface area contributed by atoms with Crippen LogP contribution in [0.5, 0.6) is 0 Å². The first-order valence-corrected chi connectivity index (χ1v) is 14.6. The molecule has 0 aliphatic heterocycles. The number of aromatic carboxylic acids is 1. The van der Waals surface area contributed by atoms with E-state index in [4.69, 9.17) is 0 Å². The minimum Gasteiger partial charge on any atom is -0.478 e. The van der Waals surface area contributed by atoms with E-state index in [1.165, 1.54) is 12.1 Å². The number of benzene rings is 5. The summed E-state index contributed by atoms with van der Waals surface area (Å²) in [5.41, 5.74) is 6.94. The first-order chi connectivity index (χ1) is 21.4. The van der Waals surface area contributed by atoms with Crippen molar-refractivity contribution >= 4 is 22.8 Å². The Bertz CT molecular complexity index is 1990. The number of nitrogens with one attached hydrogen (secondary N) is 1. The Morgan fingerprint density at radius 3 is 2.05 bits per heavy atom. The molecule has 1 heterocycles. The van der Waals surface area contributed by atoms with Crippen LogP contribution in [0.4, 0.5) is 4.39 Å². The van der Waals surface area contributed by atoms with Crippen molar-refractivity contribution in [3.05, 3.63) is 156 Å². The number of carbonyl (C=O) groups excluding carboxylic acids is 1. The maximum absolute atomic E-state index is 14.1. The van der Waals surface area contributed by atoms with Crippen LogP contribution < -0.4 is 5.32 Å². The molecule has 216 valence electrons. The number of aromatic nitrogens is 1. The van der Waals surface area contributed by atoms with Gasteiger partial charge in [0.05, 0.1) is 22.2 Å². The molecule has 5 aromatic carbocycles. The van der Waals surface area contributed by atoms with Crippen molar-refractivity contribution in [2.75, 3.05) is 0 Å². The van der Waals surface area contributed by atoms with Gasteiger partial charge in [0.25, 0.3) is 5.91 Å². The van der Waals surface area contributed by atoms with Crippen LogP contribution in [-0.4, -0.2) is 21.6 Å². The first kappa shape index (κ1) is 27.3. The molecule has 0 bridgehead atoms. The summed E-state index contributed by atoms with van der Waals surface area (Å²) in [6.07, 6.45) is 3.53. The van der Waals surface area contributed by atoms with Crippen LogP contribution in [0.25, 0.3) is 33.2 Å². The summed E-state index contributed by atoms with van der Waals surface area (Å²) in [6, 6.07) is 37.6. The highest BCUT2D eigenvalue weighted by molar-refractivity contribution is 6.08. The zero-order chi connectivity index (χ0) is 30.3. The van der Waals surface area contributed by atoms with Gasteiger partial charge < -0.3 is 15.0 Å². The maximum Gasteiger partial charge on any atom is 0.335 e. The van der Waals surface area contributed by atoms with Gasteiger partial charge >= 0.3 is 5.97 Å². The number of hydrogen-bond acceptors (Lipinski definition) is 2. The van der Waals surface area contributed by atoms with Crippen LogP contribution in [0.2, 0.25) is 0 Å². The zero-order valence-corrected chi connectivity index (χ0v) is 23.8. The summed E-state index contributed by atoms with van der Waals surface area (Å²) in [5.74, 6) is -1.51. The predicted octanol–water partition coefficient (Wildman–Crippen LogP) is 8.28. The molecule has 0 radical (unpaired) electrons. The number of hydrogen-bond donors (Lipinski definition) is 2. The minimum absolute atomic E-state index is 0.208. The molecule has 0 saturated heterocycles. The third-order valence-corrected chi connectivity index (χ3v) is 8.48. The molecule has 1 aliphatic rings. The number of nitrogens with zero attached hydrogens (tertiary/aromatic N) is 1. The van der Waals surface area contributed by atoms with Crippen molar-refractivity contribution in [2.45, 2.75) is 24.9 Å². The van der Waals surface area contributed by atoms with Gasteiger partial charge in [-0.25, -0.2) is 9.18 Å². The van der Waals surface area contributed by atoms with E-state index in [0.717, 1.165) is 57.1 Å². The van der Waals surface area contributed by atoms with Gasteiger partial charge in [-0.2, -0.15) is 0 Å². The van der Waals surface area contributed by atoms with Crippen LogP contribution in [0.15, 0.2) is 128 Å². The highest BCUT2D eigenvalue weighted by atomic mass is 19.1. The molecule has 5 nitrogen and oxygen atoms in total. The van der Waals surface area contributed by atoms with Crippen LogP contribution in [0, 0.1) is 5.82 Å². The molecule has 6 aromatic rings. The maximum atomic E-state index is 14.1. The van der Waals surface area contributed by atoms with E-state index in [9.17, 15) is 19.1 Å². The Morgan fingerprint density at radius 1 is 0.750 bits per heavy atom. The van der Waals surface area contributed by atoms with Gasteiger partial charge in [0.15, 0.2) is 0 Å². The summed E-state index contributed by atoms with van der Waals surface area (Å²) in [4.78, 5) is 25.5. The fourth-order valence-electron chi connectivity index (χ4n) is 5.92. The van der Waals surface area contributed by atoms with Crippen LogP contribution in [0.3, 0.4) is 0 Å². The van der Waals surface area contributed by atoms with Crippen molar-refractivity contribution in [3.8, 4) is 22.3 Å². The molecule has 0 unspecified atom stereocenters. The summed E-state index contributed by atoms with van der Waals surface area (Å²) in [5, 5.41) is 13.5. The third kappa shape index (κ3) is 5.26. The summed E-state index contributed by atoms with van der Waals surface area (Å²) in [6.45, 7) is 0.580. The minimum atomic E-state index is -0.985. The van der Waals surface area contributed by atoms with Gasteiger partial charge in [0.1, 0.15) is 5.82 Å². The van der Waals surface area contributed by atoms with Gasteiger partial charge in [0, 0.05) is 18.1 Å². The second kappa shape index (κ2) is 11.0. The van der Waals surface area contributed by atoms with Gasteiger partial charge in [-0.05, 0) is 88.7 Å². The average Bonchev–Trinajstić information content (AvgIpc) is 3.73. The van der Waals surface area contributed by atoms with E-state index in [2.05, 4.69) is 46.3 Å². The molecular weight excluding hydrogens is 551 g/mol. The smallest absolute Gasteiger partial charge is 0.335 e. The molecule has 1 fully saturated rings. The predicted molar refractivity (Wildman–Crippen MR) is 170 cm³/mol. The lowest BCUT2D eigenvalue weighted by Crippen LogP contribution is -2.35. The molecule has 1 amide bonds. The van der Waals surface area contributed by atoms with Crippen LogP contribution >= 0.6 is 0 Å². The fourth-order valence-corrected chi connectivity index (χ4v) is 5.92. The summed E-state index contributed by atoms with van der Waals surface area (Å²) >= 11 is 0. The number of fused-ring (bicyclic) bond motifs is 1. The number of amides is 1. The van der Waals surface area contributed by atoms with E-state index in [-0.39, 0.29) is 17.3 Å². The Kier molecular flexibility index (Phi) is 6.82. The summed E-state index contributed by atoms with van der Waals surface area (Å²) < 4.78 is 15.8. The van der Waals surface area contributed by atoms with Crippen molar-refractivity contribution in [1.29, 1.82) is 0 Å². The molecule has 0 atom stereocenters. The number of carboxylic acid groups (broad SMARTS) is 1. The van der Waals surface area contributed by atoms with Crippen LogP contribution in [0.1, 0.15) is 44.7 Å². The Labute approximate surface area is 254 Å². The summed E-state index contributed by atoms with van der Waals surface area (Å²) in [7, 11) is 0. The molecule has 2 N–H and O–H groups in total. The molecular formula is C38H29FN2O3. The van der Waals surface area contributed by atoms with Crippen molar-refractivity contribution in [1.82, 2.24) is 9.88 Å². The first-order valence-electron chi connectivity index (χ1n) is 14.6. The molecule has 1 saturated carbocycles. The lowest BCUT2D eigenvalue weighted by molar-refractivity contribution is 0.0696. The second-order valence-corrected chi connectivity index (χ2v) is 11.4. The molecule has 1 aliphatic carbocycles. The molecule has 6 heteroatoms. The Morgan fingerprint density at radius 2 is 1.39 bits per heavy atom. The van der Waals surface area contributed by atoms with Gasteiger partial charge in [-0.15, -0.1) is 0 Å². The second-order valence-electron chi connectivity index (χ2n) is 11.4. The van der Waals surface area contributed by atoms with E-state index >= 15 is 0 Å². The topological polar surface area (TPSA) is 71.3 Å². The Balaban J connectivity index is 1.25. The van der Waals surface area contributed by atoms with Gasteiger partial charge in [-0.1, -0.05) is 78.9 Å². The third-order valence-electron chi connectivity index (χ3n) is 8.48. The highest BCUT2D eigenvalue weighted by Gasteiger charge is 2.46. The standard InChI is InChI=1S/C38H29FN2O3/c39-33-16-12-28(13-17-33)31-22-30-18-21-41(24-25-6-8-27(9-7-25)26-4-2-1-3-5-26)35(30)34(23-31)36(42)40-38(19-20-38)32-14-10-29(11-15-32)37(43)44/h1-18,21-23H,19-20,24H2,(H,40,42)(H,43,44). The van der Waals surface area contributed by atoms with E-state index in [1.54, 1.807) is 36.4 Å². The monoisotopic (exact) mass is 580 g/mol. The highest BCUT2D eigenvalue weighted by Crippen LogP contribution is 2.46. The average molecular weight is 581 g/mol. The van der Waals surface area contributed by atoms with Crippen LogP contribution in [-0.2, 0) is 12.1 Å². The molecule has 7 rings (SSSR count). The van der Waals surface area contributed by atoms with Crippen molar-refractivity contribution in [2.24, 2.45) is 0 Å². The van der Waals surface area contributed by atoms with E-state index in [0.29, 0.717) is 12.1 Å². The largest absolute Gasteiger partial charge is 0.478 e. The fraction of sp³-hybridized carbons (Fsp3) is 0.105. The van der Waals surface area contributed by atoms with E-state index < -0.39 is 11.5 Å². The van der Waals surface area contributed by atoms with Gasteiger partial charge in [0.2, 0.25) is 0 Å². The number of carbonyl (C=O) groups is 2. The van der Waals surface area contributed by atoms with E-state index in [1.807, 2.05) is 42.6 Å². The normalized spacial score (nSPS) is 13.5. The van der Waals surface area contributed by atoms with Gasteiger partial charge in [-0.3, -0.25) is 4.79 Å². The number of rotatable bonds is 8. The number of halogens is 1. The van der Waals surface area contributed by atoms with Crippen molar-refractivity contribution < 1.29 is 19.1 Å².